The van der Waals surface area contributed by atoms with Crippen LogP contribution in [0.5, 0.6) is 11.5 Å². The molecule has 11 rings (SSSR count). The number of hydrogen-bond acceptors (Lipinski definition) is 8. The predicted molar refractivity (Wildman–Crippen MR) is 201 cm³/mol. The maximum absolute atomic E-state index is 13.6. The first-order valence-corrected chi connectivity index (χ1v) is 18.7. The van der Waals surface area contributed by atoms with Gasteiger partial charge in [0.15, 0.2) is 11.5 Å². The average molecular weight is 745 g/mol. The molecule has 4 aromatic heterocycles. The molecule has 1 aliphatic heterocycles. The first-order chi connectivity index (χ1) is 26.9. The van der Waals surface area contributed by atoms with Crippen molar-refractivity contribution < 1.29 is 39.0 Å². The van der Waals surface area contributed by atoms with Crippen LogP contribution in [0.2, 0.25) is 0 Å². The van der Waals surface area contributed by atoms with Crippen molar-refractivity contribution in [3.8, 4) is 22.6 Å². The zero-order valence-corrected chi connectivity index (χ0v) is 30.0. The third kappa shape index (κ3) is 4.18. The summed E-state index contributed by atoms with van der Waals surface area (Å²) in [6, 6.07) is 6.99. The van der Waals surface area contributed by atoms with Crippen molar-refractivity contribution in [2.24, 2.45) is 5.92 Å². The number of aromatic amines is 4. The van der Waals surface area contributed by atoms with Crippen LogP contribution in [0.4, 0.5) is 0 Å². The van der Waals surface area contributed by atoms with Gasteiger partial charge in [0.1, 0.15) is 0 Å². The van der Waals surface area contributed by atoms with Gasteiger partial charge in [-0.15, -0.1) is 0 Å². The number of allylic oxidation sites excluding steroid dienone is 2. The Kier molecular flexibility index (Phi) is 6.35. The Labute approximate surface area is 316 Å². The molecule has 6 atom stereocenters. The van der Waals surface area contributed by atoms with Gasteiger partial charge in [-0.05, 0) is 89.6 Å². The Morgan fingerprint density at radius 2 is 1.16 bits per heavy atom. The van der Waals surface area contributed by atoms with Crippen LogP contribution < -0.4 is 21.4 Å². The Morgan fingerprint density at radius 1 is 0.554 bits per heavy atom. The lowest BCUT2D eigenvalue weighted by Crippen LogP contribution is -2.29. The van der Waals surface area contributed by atoms with Crippen LogP contribution >= 0.6 is 0 Å². The van der Waals surface area contributed by atoms with Crippen molar-refractivity contribution in [3.05, 3.63) is 114 Å². The zero-order valence-electron chi connectivity index (χ0n) is 30.0. The van der Waals surface area contributed by atoms with Crippen LogP contribution in [-0.2, 0) is 28.8 Å². The van der Waals surface area contributed by atoms with E-state index in [-0.39, 0.29) is 11.5 Å². The Morgan fingerprint density at radius 3 is 1.84 bits per heavy atom. The molecule has 0 amide bonds. The van der Waals surface area contributed by atoms with Crippen LogP contribution in [0.3, 0.4) is 0 Å². The SMILES string of the molecule is Cc1ccc(-c2cc3[nH]c2=Cc2[nH]c(cc2C2C=CC(C)C(=O)C2=O)C=c2[nH]c(c4c2C2CC4C(=O)C2=O)=Cc2[nH]c(c4c2C2CC4C(=O)C2=O)C=3)c(O)c1O. The van der Waals surface area contributed by atoms with Gasteiger partial charge in [0.05, 0.1) is 29.6 Å². The molecule has 0 spiro atoms. The molecule has 1 aromatic carbocycles. The zero-order chi connectivity index (χ0) is 38.6. The van der Waals surface area contributed by atoms with Crippen molar-refractivity contribution in [2.45, 2.75) is 56.3 Å². The van der Waals surface area contributed by atoms with Gasteiger partial charge >= 0.3 is 0 Å². The summed E-state index contributed by atoms with van der Waals surface area (Å²) in [6.07, 6.45) is 11.5. The van der Waals surface area contributed by atoms with Crippen LogP contribution in [0, 0.1) is 12.8 Å². The number of aryl methyl sites for hydroxylation is 1. The molecule has 6 unspecified atom stereocenters. The second-order valence-corrected chi connectivity index (χ2v) is 15.9. The minimum Gasteiger partial charge on any atom is -0.504 e. The summed E-state index contributed by atoms with van der Waals surface area (Å²) >= 11 is 0. The second kappa shape index (κ2) is 10.9. The summed E-state index contributed by atoms with van der Waals surface area (Å²) in [6.45, 7) is 3.35. The number of rotatable bonds is 2. The fourth-order valence-electron chi connectivity index (χ4n) is 10.1. The van der Waals surface area contributed by atoms with Crippen LogP contribution in [0.25, 0.3) is 35.4 Å². The summed E-state index contributed by atoms with van der Waals surface area (Å²) in [5.41, 5.74) is 7.06. The number of phenols is 2. The summed E-state index contributed by atoms with van der Waals surface area (Å²) < 4.78 is 0. The van der Waals surface area contributed by atoms with Crippen molar-refractivity contribution in [1.29, 1.82) is 0 Å². The van der Waals surface area contributed by atoms with Gasteiger partial charge in [-0.25, -0.2) is 0 Å². The number of hydrogen-bond donors (Lipinski definition) is 6. The Hall–Kier alpha value is -6.82. The molecule has 2 fully saturated rings. The molecule has 56 heavy (non-hydrogen) atoms. The third-order valence-electron chi connectivity index (χ3n) is 12.8. The average Bonchev–Trinajstić information content (AvgIpc) is 4.04. The molecule has 5 heterocycles. The second-order valence-electron chi connectivity index (χ2n) is 15.9. The third-order valence-corrected chi connectivity index (χ3v) is 12.8. The molecule has 6 aliphatic rings. The largest absolute Gasteiger partial charge is 0.504 e. The maximum atomic E-state index is 13.6. The van der Waals surface area contributed by atoms with E-state index < -0.39 is 70.2 Å². The number of phenolic OH excluding ortho intramolecular Hbond substituents is 2. The van der Waals surface area contributed by atoms with Gasteiger partial charge in [-0.1, -0.05) is 31.2 Å². The topological polar surface area (TPSA) is 206 Å². The fraction of sp³-hybridized carbons (Fsp3) is 0.227. The van der Waals surface area contributed by atoms with Crippen LogP contribution in [0.1, 0.15) is 106 Å². The monoisotopic (exact) mass is 744 g/mol. The first-order valence-electron chi connectivity index (χ1n) is 18.7. The summed E-state index contributed by atoms with van der Waals surface area (Å²) in [5, 5.41) is 24.3. The molecule has 12 bridgehead atoms. The van der Waals surface area contributed by atoms with Gasteiger partial charge < -0.3 is 30.1 Å². The minimum atomic E-state index is -0.893. The highest BCUT2D eigenvalue weighted by Crippen LogP contribution is 2.53. The van der Waals surface area contributed by atoms with E-state index in [0.29, 0.717) is 79.3 Å². The molecule has 12 heteroatoms. The molecule has 0 saturated heterocycles. The number of aromatic hydroxyl groups is 2. The lowest BCUT2D eigenvalue weighted by molar-refractivity contribution is -0.138. The summed E-state index contributed by atoms with van der Waals surface area (Å²) in [5.74, 6) is -7.26. The van der Waals surface area contributed by atoms with E-state index in [1.54, 1.807) is 56.3 Å². The first kappa shape index (κ1) is 32.6. The number of aromatic nitrogens is 4. The van der Waals surface area contributed by atoms with E-state index in [2.05, 4.69) is 19.9 Å². The maximum Gasteiger partial charge on any atom is 0.210 e. The normalized spacial score (nSPS) is 25.3. The molecule has 6 N–H and O–H groups in total. The van der Waals surface area contributed by atoms with Crippen molar-refractivity contribution in [2.75, 3.05) is 0 Å². The Balaban J connectivity index is 1.25. The van der Waals surface area contributed by atoms with E-state index >= 15 is 0 Å². The number of carbonyl (C=O) groups is 6. The Bertz CT molecular complexity index is 3090. The van der Waals surface area contributed by atoms with E-state index in [9.17, 15) is 39.0 Å². The molecular formula is C44H32N4O8. The lowest BCUT2D eigenvalue weighted by atomic mass is 9.83. The number of fused-ring (bicyclic) bond motifs is 22. The molecule has 5 aromatic rings. The number of Topliss-reactive ketones (excluding diaryl/α,β-unsaturated/α-hetero) is 6. The molecule has 2 saturated carbocycles. The lowest BCUT2D eigenvalue weighted by Gasteiger charge is -2.18. The highest BCUT2D eigenvalue weighted by atomic mass is 16.3. The smallest absolute Gasteiger partial charge is 0.210 e. The minimum absolute atomic E-state index is 0.269. The van der Waals surface area contributed by atoms with Gasteiger partial charge in [0, 0.05) is 61.2 Å². The summed E-state index contributed by atoms with van der Waals surface area (Å²) in [7, 11) is 0. The number of H-pyrrole nitrogens is 4. The van der Waals surface area contributed by atoms with E-state index in [4.69, 9.17) is 0 Å². The van der Waals surface area contributed by atoms with Crippen LogP contribution in [-0.4, -0.2) is 64.8 Å². The summed E-state index contributed by atoms with van der Waals surface area (Å²) in [4.78, 5) is 93.1. The number of benzene rings is 1. The predicted octanol–water partition coefficient (Wildman–Crippen LogP) is 1.89. The van der Waals surface area contributed by atoms with E-state index in [0.717, 1.165) is 22.3 Å². The van der Waals surface area contributed by atoms with E-state index in [1.165, 1.54) is 0 Å². The van der Waals surface area contributed by atoms with Gasteiger partial charge in [0.25, 0.3) is 0 Å². The standard InChI is InChI=1S/C44H32N4O8/c1-15-3-5-19(39(51)37(15)49)21-7-17-9-29-33-23-11-25(43(55)41(23)53)35(33)31(47-29)14-32-36-26-12-24(42(54)44(26)56)34(36)30(48-32)10-18-8-22(28(46-18)13-27(21)45-17)20-6-4-16(2)38(50)40(20)52/h3-10,13-15,19,23-26,45-48,50,52H,11-12H2,1-2H3. The van der Waals surface area contributed by atoms with Crippen molar-refractivity contribution >= 4 is 59.0 Å². The molecule has 0 radical (unpaired) electrons. The number of ketones is 6. The van der Waals surface area contributed by atoms with Crippen LogP contribution in [0.15, 0.2) is 36.4 Å². The molecule has 5 aliphatic carbocycles. The van der Waals surface area contributed by atoms with Gasteiger partial charge in [0.2, 0.25) is 34.7 Å². The number of nitrogens with one attached hydrogen (secondary N) is 4. The number of carbonyl (C=O) groups excluding carboxylic acids is 6. The molecule has 12 nitrogen and oxygen atoms in total. The van der Waals surface area contributed by atoms with Gasteiger partial charge in [-0.3, -0.25) is 28.8 Å². The van der Waals surface area contributed by atoms with E-state index in [1.807, 2.05) is 18.2 Å². The van der Waals surface area contributed by atoms with Gasteiger partial charge in [-0.2, -0.15) is 0 Å². The van der Waals surface area contributed by atoms with Crippen molar-refractivity contribution in [3.63, 3.8) is 0 Å². The molecule has 276 valence electrons. The molecular weight excluding hydrogens is 713 g/mol. The fourth-order valence-corrected chi connectivity index (χ4v) is 10.1. The quantitative estimate of drug-likeness (QED) is 0.0876. The van der Waals surface area contributed by atoms with Crippen molar-refractivity contribution in [1.82, 2.24) is 19.9 Å². The highest BCUT2D eigenvalue weighted by molar-refractivity contribution is 6.45. The highest BCUT2D eigenvalue weighted by Gasteiger charge is 2.54.